The average Bonchev–Trinajstić information content (AvgIpc) is 3.35. The number of hydrogen-bond acceptors (Lipinski definition) is 1. The van der Waals surface area contributed by atoms with Gasteiger partial charge < -0.3 is 4.90 Å². The van der Waals surface area contributed by atoms with Crippen molar-refractivity contribution < 1.29 is 4.79 Å². The van der Waals surface area contributed by atoms with E-state index in [1.165, 1.54) is 44.1 Å². The third-order valence-electron chi connectivity index (χ3n) is 5.46. The normalized spacial score (nSPS) is 26.5. The highest BCUT2D eigenvalue weighted by Crippen LogP contribution is 2.36. The van der Waals surface area contributed by atoms with Crippen molar-refractivity contribution in [1.82, 2.24) is 4.90 Å². The second-order valence-electron chi connectivity index (χ2n) is 7.46. The molecule has 3 rings (SSSR count). The first kappa shape index (κ1) is 15.6. The van der Waals surface area contributed by atoms with Crippen molar-refractivity contribution in [2.24, 2.45) is 5.92 Å². The van der Waals surface area contributed by atoms with Crippen LogP contribution in [0.1, 0.15) is 70.3 Å². The zero-order valence-electron chi connectivity index (χ0n) is 14.0. The molecule has 1 aromatic rings. The van der Waals surface area contributed by atoms with Gasteiger partial charge in [0.05, 0.1) is 0 Å². The van der Waals surface area contributed by atoms with Gasteiger partial charge in [0.25, 0.3) is 0 Å². The van der Waals surface area contributed by atoms with Crippen LogP contribution in [-0.4, -0.2) is 22.9 Å². The van der Waals surface area contributed by atoms with Crippen molar-refractivity contribution in [3.05, 3.63) is 35.9 Å². The molecule has 0 bridgehead atoms. The quantitative estimate of drug-likeness (QED) is 0.768. The summed E-state index contributed by atoms with van der Waals surface area (Å²) >= 11 is 0. The fraction of sp³-hybridized carbons (Fsp3) is 0.650. The number of benzene rings is 1. The van der Waals surface area contributed by atoms with Crippen LogP contribution in [0.15, 0.2) is 30.3 Å². The van der Waals surface area contributed by atoms with E-state index in [4.69, 9.17) is 0 Å². The predicted octanol–water partition coefficient (Wildman–Crippen LogP) is 4.75. The van der Waals surface area contributed by atoms with Gasteiger partial charge in [0.1, 0.15) is 0 Å². The topological polar surface area (TPSA) is 20.3 Å². The number of carbonyl (C=O) groups excluding carboxylic acids is 1. The molecular formula is C20H29NO. The van der Waals surface area contributed by atoms with Crippen LogP contribution in [0.3, 0.4) is 0 Å². The van der Waals surface area contributed by atoms with Gasteiger partial charge in [-0.3, -0.25) is 4.79 Å². The van der Waals surface area contributed by atoms with Gasteiger partial charge in [0, 0.05) is 18.5 Å². The third-order valence-corrected chi connectivity index (χ3v) is 5.46. The van der Waals surface area contributed by atoms with E-state index in [9.17, 15) is 4.79 Å². The average molecular weight is 299 g/mol. The Bertz CT molecular complexity index is 486. The number of amides is 1. The van der Waals surface area contributed by atoms with Crippen molar-refractivity contribution in [2.45, 2.75) is 76.8 Å². The van der Waals surface area contributed by atoms with Gasteiger partial charge in [-0.2, -0.15) is 0 Å². The van der Waals surface area contributed by atoms with Crippen LogP contribution in [0.2, 0.25) is 0 Å². The Morgan fingerprint density at radius 3 is 2.14 bits per heavy atom. The number of hydrogen-bond donors (Lipinski definition) is 0. The van der Waals surface area contributed by atoms with E-state index in [1.54, 1.807) is 0 Å². The zero-order chi connectivity index (χ0) is 15.5. The van der Waals surface area contributed by atoms with Gasteiger partial charge in [-0.1, -0.05) is 44.2 Å². The Kier molecular flexibility index (Phi) is 4.85. The largest absolute Gasteiger partial charge is 0.337 e. The Morgan fingerprint density at radius 1 is 1.05 bits per heavy atom. The van der Waals surface area contributed by atoms with Gasteiger partial charge in [-0.15, -0.1) is 0 Å². The molecule has 2 nitrogen and oxygen atoms in total. The van der Waals surface area contributed by atoms with Crippen LogP contribution in [0, 0.1) is 5.92 Å². The molecule has 0 saturated heterocycles. The Morgan fingerprint density at radius 2 is 1.59 bits per heavy atom. The lowest BCUT2D eigenvalue weighted by molar-refractivity contribution is -0.135. The maximum absolute atomic E-state index is 12.9. The molecule has 0 radical (unpaired) electrons. The Balaban J connectivity index is 1.63. The Labute approximate surface area is 134 Å². The van der Waals surface area contributed by atoms with E-state index >= 15 is 0 Å². The van der Waals surface area contributed by atoms with Crippen LogP contribution < -0.4 is 0 Å². The van der Waals surface area contributed by atoms with Gasteiger partial charge in [0.15, 0.2) is 0 Å². The van der Waals surface area contributed by atoms with Crippen molar-refractivity contribution in [2.75, 3.05) is 0 Å². The van der Waals surface area contributed by atoms with Crippen molar-refractivity contribution in [1.29, 1.82) is 0 Å². The van der Waals surface area contributed by atoms with E-state index in [2.05, 4.69) is 43.0 Å². The van der Waals surface area contributed by atoms with Gasteiger partial charge >= 0.3 is 0 Å². The summed E-state index contributed by atoms with van der Waals surface area (Å²) in [7, 11) is 0. The van der Waals surface area contributed by atoms with E-state index in [0.717, 1.165) is 5.92 Å². The van der Waals surface area contributed by atoms with E-state index in [-0.39, 0.29) is 0 Å². The van der Waals surface area contributed by atoms with Crippen molar-refractivity contribution in [3.8, 4) is 0 Å². The minimum absolute atomic E-state index is 0.317. The molecular weight excluding hydrogens is 270 g/mol. The first-order chi connectivity index (χ1) is 10.6. The lowest BCUT2D eigenvalue weighted by Crippen LogP contribution is -2.44. The molecule has 2 aliphatic rings. The zero-order valence-corrected chi connectivity index (χ0v) is 14.0. The van der Waals surface area contributed by atoms with E-state index in [0.29, 0.717) is 30.3 Å². The second kappa shape index (κ2) is 6.85. The Hall–Kier alpha value is -1.31. The minimum Gasteiger partial charge on any atom is -0.337 e. The summed E-state index contributed by atoms with van der Waals surface area (Å²) in [4.78, 5) is 15.2. The maximum atomic E-state index is 12.9. The van der Waals surface area contributed by atoms with Crippen molar-refractivity contribution in [3.63, 3.8) is 0 Å². The highest BCUT2D eigenvalue weighted by atomic mass is 16.2. The fourth-order valence-electron chi connectivity index (χ4n) is 3.85. The van der Waals surface area contributed by atoms with Crippen LogP contribution in [0.4, 0.5) is 0 Å². The molecule has 0 spiro atoms. The van der Waals surface area contributed by atoms with Crippen LogP contribution >= 0.6 is 0 Å². The number of carbonyl (C=O) groups is 1. The molecule has 1 aromatic carbocycles. The molecule has 1 unspecified atom stereocenters. The van der Waals surface area contributed by atoms with Crippen LogP contribution in [0.5, 0.6) is 0 Å². The summed E-state index contributed by atoms with van der Waals surface area (Å²) in [5, 5.41) is 0. The minimum atomic E-state index is 0.317. The molecule has 120 valence electrons. The summed E-state index contributed by atoms with van der Waals surface area (Å²) in [5.41, 5.74) is 1.28. The molecule has 22 heavy (non-hydrogen) atoms. The summed E-state index contributed by atoms with van der Waals surface area (Å²) in [6, 6.07) is 11.5. The number of nitrogens with zero attached hydrogens (tertiary/aromatic N) is 1. The monoisotopic (exact) mass is 299 g/mol. The summed E-state index contributed by atoms with van der Waals surface area (Å²) < 4.78 is 0. The molecule has 2 saturated carbocycles. The molecule has 2 aliphatic carbocycles. The molecule has 1 amide bonds. The number of rotatable bonds is 5. The SMILES string of the molecule is CC1CCC(N(C(=O)CC(C)c2ccccc2)C2CC2)CC1. The lowest BCUT2D eigenvalue weighted by Gasteiger charge is -2.37. The molecule has 2 heteroatoms. The molecule has 1 atom stereocenters. The van der Waals surface area contributed by atoms with Gasteiger partial charge in [0.2, 0.25) is 5.91 Å². The van der Waals surface area contributed by atoms with E-state index < -0.39 is 0 Å². The van der Waals surface area contributed by atoms with Crippen LogP contribution in [-0.2, 0) is 4.79 Å². The molecule has 0 N–H and O–H groups in total. The fourth-order valence-corrected chi connectivity index (χ4v) is 3.85. The first-order valence-electron chi connectivity index (χ1n) is 9.01. The summed E-state index contributed by atoms with van der Waals surface area (Å²) in [6.07, 6.45) is 8.10. The van der Waals surface area contributed by atoms with E-state index in [1.807, 2.05) is 6.07 Å². The highest BCUT2D eigenvalue weighted by molar-refractivity contribution is 5.78. The smallest absolute Gasteiger partial charge is 0.223 e. The molecule has 2 fully saturated rings. The van der Waals surface area contributed by atoms with Crippen LogP contribution in [0.25, 0.3) is 0 Å². The molecule has 0 aromatic heterocycles. The standard InChI is InChI=1S/C20H29NO/c1-15-8-10-18(11-9-15)21(19-12-13-19)20(22)14-16(2)17-6-4-3-5-7-17/h3-7,15-16,18-19H,8-14H2,1-2H3. The summed E-state index contributed by atoms with van der Waals surface area (Å²) in [6.45, 7) is 4.53. The first-order valence-corrected chi connectivity index (χ1v) is 9.01. The summed E-state index contributed by atoms with van der Waals surface area (Å²) in [5.74, 6) is 1.55. The maximum Gasteiger partial charge on any atom is 0.223 e. The lowest BCUT2D eigenvalue weighted by atomic mass is 9.86. The molecule has 0 heterocycles. The highest BCUT2D eigenvalue weighted by Gasteiger charge is 2.38. The van der Waals surface area contributed by atoms with Gasteiger partial charge in [-0.05, 0) is 55.9 Å². The third kappa shape index (κ3) is 3.71. The molecule has 0 aliphatic heterocycles. The van der Waals surface area contributed by atoms with Gasteiger partial charge in [-0.25, -0.2) is 0 Å². The second-order valence-corrected chi connectivity index (χ2v) is 7.46. The predicted molar refractivity (Wildman–Crippen MR) is 90.8 cm³/mol. The van der Waals surface area contributed by atoms with Crippen molar-refractivity contribution >= 4 is 5.91 Å².